The van der Waals surface area contributed by atoms with Crippen LogP contribution in [0.5, 0.6) is 17.2 Å². The molecule has 2 aromatic heterocycles. The fourth-order valence-electron chi connectivity index (χ4n) is 8.87. The zero-order valence-electron chi connectivity index (χ0n) is 33.3. The van der Waals surface area contributed by atoms with Crippen molar-refractivity contribution >= 4 is 11.8 Å². The Morgan fingerprint density at radius 1 is 0.635 bits per heavy atom. The Hall–Kier alpha value is -7.14. The summed E-state index contributed by atoms with van der Waals surface area (Å²) in [4.78, 5) is 57.3. The van der Waals surface area contributed by atoms with Crippen molar-refractivity contribution in [2.45, 2.75) is 36.8 Å². The lowest BCUT2D eigenvalue weighted by Crippen LogP contribution is -2.48. The van der Waals surface area contributed by atoms with E-state index >= 15 is 8.78 Å². The summed E-state index contributed by atoms with van der Waals surface area (Å²) in [5.74, 6) is -7.38. The van der Waals surface area contributed by atoms with Crippen molar-refractivity contribution < 1.29 is 42.1 Å². The third-order valence-corrected chi connectivity index (χ3v) is 11.8. The highest BCUT2D eigenvalue weighted by molar-refractivity contribution is 5.96. The van der Waals surface area contributed by atoms with Crippen LogP contribution in [-0.2, 0) is 0 Å². The van der Waals surface area contributed by atoms with Crippen molar-refractivity contribution in [1.82, 2.24) is 29.4 Å². The maximum Gasteiger partial charge on any atom is 0.276 e. The predicted octanol–water partition coefficient (Wildman–Crippen LogP) is 5.91. The van der Waals surface area contributed by atoms with Gasteiger partial charge in [0.15, 0.2) is 17.1 Å². The Labute approximate surface area is 356 Å². The number of nitrogens with zero attached hydrogens (tertiary/aromatic N) is 6. The molecule has 6 aromatic rings. The molecule has 2 aliphatic heterocycles. The molecule has 17 heteroatoms. The van der Waals surface area contributed by atoms with Gasteiger partial charge in [-0.2, -0.15) is 10.2 Å². The molecule has 4 heterocycles. The highest BCUT2D eigenvalue weighted by Crippen LogP contribution is 2.44. The summed E-state index contributed by atoms with van der Waals surface area (Å²) in [5, 5.41) is 29.3. The number of carbonyl (C=O) groups excluding carboxylic acids is 2. The minimum absolute atomic E-state index is 0.0581. The van der Waals surface area contributed by atoms with E-state index in [2.05, 4.69) is 10.2 Å². The first-order chi connectivity index (χ1) is 30.4. The maximum atomic E-state index is 16.1. The lowest BCUT2D eigenvalue weighted by molar-refractivity contribution is 0.0592. The van der Waals surface area contributed by atoms with Gasteiger partial charge in [-0.1, -0.05) is 36.4 Å². The third kappa shape index (κ3) is 7.95. The Kier molecular flexibility index (Phi) is 10.9. The van der Waals surface area contributed by atoms with Crippen LogP contribution in [0.25, 0.3) is 0 Å². The molecule has 0 spiro atoms. The number of β-amino-alcohol motifs (C(OH)–C–C–N with tert-alkyl or cyclic N) is 1. The molecule has 1 aliphatic carbocycles. The second-order valence-corrected chi connectivity index (χ2v) is 16.0. The van der Waals surface area contributed by atoms with Crippen LogP contribution in [0.3, 0.4) is 0 Å². The van der Waals surface area contributed by atoms with Crippen LogP contribution >= 0.6 is 0 Å². The average Bonchev–Trinajstić information content (AvgIpc) is 4.07. The van der Waals surface area contributed by atoms with Gasteiger partial charge in [-0.3, -0.25) is 28.5 Å². The number of halogens is 4. The van der Waals surface area contributed by atoms with Gasteiger partial charge in [-0.05, 0) is 89.5 Å². The van der Waals surface area contributed by atoms with Gasteiger partial charge in [0.1, 0.15) is 29.0 Å². The number of fused-ring (bicyclic) bond motifs is 2. The van der Waals surface area contributed by atoms with Crippen LogP contribution in [0, 0.1) is 29.2 Å². The smallest absolute Gasteiger partial charge is 0.276 e. The van der Waals surface area contributed by atoms with Crippen molar-refractivity contribution in [2.75, 3.05) is 32.8 Å². The molecule has 0 saturated heterocycles. The standard InChI is InChI=1S/C46H38F4N6O7/c47-30-7-1-4-26(14-30)39(27-5-2-8-31(48)15-27)36-24-54(22-25-10-11-25)46(62)42-44(38(59)21-52-56(36)42)63-34-18-29(17-33(50)19-34)40(28-6-3-9-32(49)16-28)35-23-53(12-13-57)45(61)41-43(60)37(58)20-51-55(35)41/h1-9,14-21,25,35-36,39-40,57,60H,10-13,22-24H2. The number of aliphatic hydroxyl groups is 1. The van der Waals surface area contributed by atoms with E-state index in [1.54, 1.807) is 23.1 Å². The van der Waals surface area contributed by atoms with Crippen molar-refractivity contribution in [3.05, 3.63) is 181 Å². The van der Waals surface area contributed by atoms with Crippen LogP contribution < -0.4 is 15.6 Å². The van der Waals surface area contributed by atoms with Crippen molar-refractivity contribution in [3.8, 4) is 17.2 Å². The minimum atomic E-state index is -1.09. The van der Waals surface area contributed by atoms with Crippen LogP contribution in [0.15, 0.2) is 113 Å². The average molecular weight is 863 g/mol. The number of rotatable bonds is 12. The normalized spacial score (nSPS) is 17.7. The van der Waals surface area contributed by atoms with E-state index in [0.717, 1.165) is 42.0 Å². The molecule has 3 unspecified atom stereocenters. The van der Waals surface area contributed by atoms with E-state index in [1.165, 1.54) is 70.2 Å². The van der Waals surface area contributed by atoms with Gasteiger partial charge in [0, 0.05) is 44.1 Å². The predicted molar refractivity (Wildman–Crippen MR) is 218 cm³/mol. The fraction of sp³-hybridized carbons (Fsp3) is 0.261. The Balaban J connectivity index is 1.19. The Morgan fingerprint density at radius 2 is 1.14 bits per heavy atom. The summed E-state index contributed by atoms with van der Waals surface area (Å²) in [6.07, 6.45) is 3.50. The molecule has 63 heavy (non-hydrogen) atoms. The van der Waals surface area contributed by atoms with Crippen LogP contribution in [0.2, 0.25) is 0 Å². The molecule has 322 valence electrons. The quantitative estimate of drug-likeness (QED) is 0.143. The molecule has 0 bridgehead atoms. The van der Waals surface area contributed by atoms with Gasteiger partial charge in [-0.15, -0.1) is 0 Å². The summed E-state index contributed by atoms with van der Waals surface area (Å²) >= 11 is 0. The van der Waals surface area contributed by atoms with Gasteiger partial charge in [0.2, 0.25) is 16.6 Å². The molecule has 13 nitrogen and oxygen atoms in total. The van der Waals surface area contributed by atoms with Crippen molar-refractivity contribution in [1.29, 1.82) is 0 Å². The van der Waals surface area contributed by atoms with Gasteiger partial charge in [-0.25, -0.2) is 17.6 Å². The van der Waals surface area contributed by atoms with Gasteiger partial charge >= 0.3 is 0 Å². The summed E-state index contributed by atoms with van der Waals surface area (Å²) < 4.78 is 69.6. The largest absolute Gasteiger partial charge is 0.502 e. The summed E-state index contributed by atoms with van der Waals surface area (Å²) in [6, 6.07) is 18.6. The number of hydrogen-bond acceptors (Lipinski definition) is 9. The first-order valence-electron chi connectivity index (χ1n) is 20.2. The summed E-state index contributed by atoms with van der Waals surface area (Å²) in [7, 11) is 0. The first-order valence-corrected chi connectivity index (χ1v) is 20.2. The number of aliphatic hydroxyl groups excluding tert-OH is 1. The molecule has 2 N–H and O–H groups in total. The maximum absolute atomic E-state index is 16.1. The molecular formula is C46H38F4N6O7. The van der Waals surface area contributed by atoms with Gasteiger partial charge in [0.05, 0.1) is 31.1 Å². The Morgan fingerprint density at radius 3 is 1.70 bits per heavy atom. The topological polar surface area (TPSA) is 160 Å². The minimum Gasteiger partial charge on any atom is -0.502 e. The highest BCUT2D eigenvalue weighted by Gasteiger charge is 2.43. The number of ether oxygens (including phenoxy) is 1. The van der Waals surface area contributed by atoms with E-state index < -0.39 is 93.7 Å². The van der Waals surface area contributed by atoms with Crippen LogP contribution in [0.4, 0.5) is 17.6 Å². The molecule has 3 atom stereocenters. The van der Waals surface area contributed by atoms with Gasteiger partial charge < -0.3 is 24.7 Å². The highest BCUT2D eigenvalue weighted by atomic mass is 19.1. The fourth-order valence-corrected chi connectivity index (χ4v) is 8.87. The molecule has 0 radical (unpaired) electrons. The van der Waals surface area contributed by atoms with E-state index in [-0.39, 0.29) is 48.1 Å². The number of aromatic nitrogens is 4. The second kappa shape index (κ2) is 16.6. The molecule has 3 aliphatic rings. The van der Waals surface area contributed by atoms with Crippen LogP contribution in [0.1, 0.15) is 80.0 Å². The first kappa shape index (κ1) is 41.2. The number of amides is 2. The monoisotopic (exact) mass is 862 g/mol. The molecular weight excluding hydrogens is 825 g/mol. The van der Waals surface area contributed by atoms with Crippen LogP contribution in [-0.4, -0.2) is 84.2 Å². The number of hydrogen-bond donors (Lipinski definition) is 2. The lowest BCUT2D eigenvalue weighted by atomic mass is 9.83. The summed E-state index contributed by atoms with van der Waals surface area (Å²) in [6.45, 7) is -0.513. The number of benzene rings is 4. The summed E-state index contributed by atoms with van der Waals surface area (Å²) in [5.41, 5.74) is -1.25. The van der Waals surface area contributed by atoms with E-state index in [4.69, 9.17) is 4.74 Å². The third-order valence-electron chi connectivity index (χ3n) is 11.8. The SMILES string of the molecule is O=C1c2c(O)c(=O)cnn2C(C(c2cccc(F)c2)c2cc(F)cc(Oc3c4n(ncc3=O)C(C(c3cccc(F)c3)c3cccc(F)c3)CN(CC3CC3)C4=O)c2)CN1CCO. The molecule has 1 saturated carbocycles. The molecule has 1 fully saturated rings. The van der Waals surface area contributed by atoms with Gasteiger partial charge in [0.25, 0.3) is 11.8 Å². The van der Waals surface area contributed by atoms with Crippen molar-refractivity contribution in [3.63, 3.8) is 0 Å². The number of carbonyl (C=O) groups is 2. The van der Waals surface area contributed by atoms with E-state index in [0.29, 0.717) is 17.7 Å². The molecule has 2 amide bonds. The van der Waals surface area contributed by atoms with Crippen molar-refractivity contribution in [2.24, 2.45) is 5.92 Å². The zero-order valence-corrected chi connectivity index (χ0v) is 33.3. The Bertz CT molecular complexity index is 2860. The zero-order chi connectivity index (χ0) is 44.1. The van der Waals surface area contributed by atoms with E-state index in [9.17, 15) is 38.2 Å². The lowest BCUT2D eigenvalue weighted by Gasteiger charge is -2.39. The second-order valence-electron chi connectivity index (χ2n) is 16.0. The van der Waals surface area contributed by atoms with E-state index in [1.807, 2.05) is 0 Å². The molecule has 4 aromatic carbocycles. The number of aromatic hydroxyl groups is 1. The molecule has 9 rings (SSSR count).